The number of anilines is 1. The van der Waals surface area contributed by atoms with Crippen molar-refractivity contribution in [3.8, 4) is 0 Å². The number of aryl methyl sites for hydroxylation is 2. The Morgan fingerprint density at radius 2 is 1.84 bits per heavy atom. The maximum Gasteiger partial charge on any atom is 0.259 e. The van der Waals surface area contributed by atoms with E-state index in [-0.39, 0.29) is 5.91 Å². The Balaban J connectivity index is 1.61. The van der Waals surface area contributed by atoms with Gasteiger partial charge >= 0.3 is 0 Å². The molecule has 0 aliphatic heterocycles. The molecule has 1 heterocycles. The van der Waals surface area contributed by atoms with Crippen LogP contribution in [0.4, 0.5) is 5.13 Å². The molecule has 0 saturated carbocycles. The summed E-state index contributed by atoms with van der Waals surface area (Å²) in [5.74, 6) is 0.531. The number of carbonyl (C=O) groups excluding carboxylic acids is 1. The zero-order valence-corrected chi connectivity index (χ0v) is 16.1. The van der Waals surface area contributed by atoms with Crippen LogP contribution in [0.15, 0.2) is 46.8 Å². The molecule has 1 amide bonds. The lowest BCUT2D eigenvalue weighted by atomic mass is 10.1. The van der Waals surface area contributed by atoms with Crippen LogP contribution in [0.5, 0.6) is 0 Å². The van der Waals surface area contributed by atoms with Crippen molar-refractivity contribution < 1.29 is 4.79 Å². The Hall–Kier alpha value is -1.89. The lowest BCUT2D eigenvalue weighted by Gasteiger charge is -2.04. The third-order valence-electron chi connectivity index (χ3n) is 3.48. The lowest BCUT2D eigenvalue weighted by molar-refractivity contribution is 0.102. The van der Waals surface area contributed by atoms with Crippen LogP contribution in [0, 0.1) is 13.8 Å². The lowest BCUT2D eigenvalue weighted by Crippen LogP contribution is -2.12. The average molecular weight is 390 g/mol. The first kappa shape index (κ1) is 17.9. The minimum absolute atomic E-state index is 0.281. The highest BCUT2D eigenvalue weighted by Gasteiger charge is 2.13. The number of hydrogen-bond acceptors (Lipinski definition) is 5. The highest BCUT2D eigenvalue weighted by molar-refractivity contribution is 8.00. The van der Waals surface area contributed by atoms with Crippen molar-refractivity contribution in [2.24, 2.45) is 0 Å². The first-order chi connectivity index (χ1) is 12.0. The molecule has 0 aliphatic rings. The molecule has 128 valence electrons. The molecule has 7 heteroatoms. The molecule has 2 aromatic carbocycles. The van der Waals surface area contributed by atoms with Gasteiger partial charge in [-0.3, -0.25) is 10.1 Å². The molecule has 4 nitrogen and oxygen atoms in total. The van der Waals surface area contributed by atoms with Gasteiger partial charge in [-0.25, -0.2) is 0 Å². The van der Waals surface area contributed by atoms with Gasteiger partial charge in [0.1, 0.15) is 0 Å². The van der Waals surface area contributed by atoms with Crippen LogP contribution in [0.25, 0.3) is 0 Å². The van der Waals surface area contributed by atoms with Crippen molar-refractivity contribution in [1.82, 2.24) is 10.2 Å². The number of nitrogens with one attached hydrogen (secondary N) is 1. The monoisotopic (exact) mass is 389 g/mol. The summed E-state index contributed by atoms with van der Waals surface area (Å²) in [5, 5.41) is 11.8. The summed E-state index contributed by atoms with van der Waals surface area (Å²) in [4.78, 5) is 12.3. The zero-order chi connectivity index (χ0) is 17.8. The zero-order valence-electron chi connectivity index (χ0n) is 13.7. The molecule has 0 bridgehead atoms. The van der Waals surface area contributed by atoms with Gasteiger partial charge in [0.15, 0.2) is 4.34 Å². The first-order valence-electron chi connectivity index (χ1n) is 7.60. The Kier molecular flexibility index (Phi) is 5.73. The molecular weight excluding hydrogens is 374 g/mol. The van der Waals surface area contributed by atoms with Crippen molar-refractivity contribution in [1.29, 1.82) is 0 Å². The average Bonchev–Trinajstić information content (AvgIpc) is 3.01. The van der Waals surface area contributed by atoms with E-state index in [0.29, 0.717) is 15.7 Å². The van der Waals surface area contributed by atoms with E-state index in [1.807, 2.05) is 13.0 Å². The van der Waals surface area contributed by atoms with E-state index in [1.54, 1.807) is 23.9 Å². The van der Waals surface area contributed by atoms with Gasteiger partial charge in [-0.1, -0.05) is 70.6 Å². The van der Waals surface area contributed by atoms with E-state index in [4.69, 9.17) is 11.6 Å². The normalized spacial score (nSPS) is 10.7. The Bertz CT molecular complexity index is 894. The summed E-state index contributed by atoms with van der Waals surface area (Å²) in [6, 6.07) is 13.7. The minimum atomic E-state index is -0.281. The molecule has 3 rings (SSSR count). The number of halogens is 1. The third kappa shape index (κ3) is 4.81. The molecule has 25 heavy (non-hydrogen) atoms. The van der Waals surface area contributed by atoms with Crippen molar-refractivity contribution in [3.63, 3.8) is 0 Å². The molecule has 0 atom stereocenters. The molecule has 0 saturated heterocycles. The first-order valence-corrected chi connectivity index (χ1v) is 9.78. The Morgan fingerprint density at radius 3 is 2.56 bits per heavy atom. The summed E-state index contributed by atoms with van der Waals surface area (Å²) in [5.41, 5.74) is 3.90. The van der Waals surface area contributed by atoms with Crippen molar-refractivity contribution in [2.45, 2.75) is 23.9 Å². The van der Waals surface area contributed by atoms with Crippen LogP contribution in [0.3, 0.4) is 0 Å². The highest BCUT2D eigenvalue weighted by Crippen LogP contribution is 2.29. The highest BCUT2D eigenvalue weighted by atomic mass is 35.5. The van der Waals surface area contributed by atoms with Gasteiger partial charge in [0.25, 0.3) is 5.91 Å². The van der Waals surface area contributed by atoms with Gasteiger partial charge in [-0.05, 0) is 37.1 Å². The number of hydrogen-bond donors (Lipinski definition) is 1. The predicted octanol–water partition coefficient (Wildman–Crippen LogP) is 5.35. The molecule has 1 aromatic heterocycles. The van der Waals surface area contributed by atoms with Gasteiger partial charge in [-0.15, -0.1) is 10.2 Å². The summed E-state index contributed by atoms with van der Waals surface area (Å²) in [6.45, 7) is 3.99. The quantitative estimate of drug-likeness (QED) is 0.471. The number of benzene rings is 2. The summed E-state index contributed by atoms with van der Waals surface area (Å²) < 4.78 is 0.811. The van der Waals surface area contributed by atoms with Crippen molar-refractivity contribution >= 4 is 45.7 Å². The van der Waals surface area contributed by atoms with Gasteiger partial charge in [0.2, 0.25) is 5.13 Å². The van der Waals surface area contributed by atoms with Gasteiger partial charge in [0, 0.05) is 5.75 Å². The largest absolute Gasteiger partial charge is 0.296 e. The van der Waals surface area contributed by atoms with E-state index in [1.165, 1.54) is 22.5 Å². The Labute approximate surface area is 159 Å². The third-order valence-corrected chi connectivity index (χ3v) is 5.83. The van der Waals surface area contributed by atoms with Crippen LogP contribution >= 0.6 is 34.7 Å². The van der Waals surface area contributed by atoms with E-state index < -0.39 is 0 Å². The number of aromatic nitrogens is 2. The number of carbonyl (C=O) groups is 1. The van der Waals surface area contributed by atoms with E-state index in [0.717, 1.165) is 15.7 Å². The molecule has 0 fully saturated rings. The van der Waals surface area contributed by atoms with E-state index >= 15 is 0 Å². The van der Waals surface area contributed by atoms with Gasteiger partial charge in [-0.2, -0.15) is 0 Å². The van der Waals surface area contributed by atoms with Crippen molar-refractivity contribution in [2.75, 3.05) is 5.32 Å². The maximum atomic E-state index is 12.3. The SMILES string of the molecule is Cc1ccc(CSc2nnc(NC(=O)c3ccc(C)cc3Cl)s2)cc1. The molecule has 0 unspecified atom stereocenters. The topological polar surface area (TPSA) is 54.9 Å². The molecule has 0 spiro atoms. The molecular formula is C18H16ClN3OS2. The summed E-state index contributed by atoms with van der Waals surface area (Å²) >= 11 is 9.08. The van der Waals surface area contributed by atoms with Gasteiger partial charge < -0.3 is 0 Å². The fourth-order valence-corrected chi connectivity index (χ4v) is 4.14. The molecule has 3 aromatic rings. The fourth-order valence-electron chi connectivity index (χ4n) is 2.12. The number of amides is 1. The van der Waals surface area contributed by atoms with Gasteiger partial charge in [0.05, 0.1) is 10.6 Å². The van der Waals surface area contributed by atoms with Crippen LogP contribution in [0.1, 0.15) is 27.0 Å². The van der Waals surface area contributed by atoms with Crippen LogP contribution in [-0.2, 0) is 5.75 Å². The predicted molar refractivity (Wildman–Crippen MR) is 105 cm³/mol. The van der Waals surface area contributed by atoms with Crippen LogP contribution in [-0.4, -0.2) is 16.1 Å². The second-order valence-electron chi connectivity index (χ2n) is 5.58. The smallest absolute Gasteiger partial charge is 0.259 e. The summed E-state index contributed by atoms with van der Waals surface area (Å²) in [6.07, 6.45) is 0. The second-order valence-corrected chi connectivity index (χ2v) is 8.19. The standard InChI is InChI=1S/C18H16ClN3OS2/c1-11-3-6-13(7-4-11)10-24-18-22-21-17(25-18)20-16(23)14-8-5-12(2)9-15(14)19/h3-9H,10H2,1-2H3,(H,20,21,23). The van der Waals surface area contributed by atoms with E-state index in [2.05, 4.69) is 46.7 Å². The number of nitrogens with zero attached hydrogens (tertiary/aromatic N) is 2. The van der Waals surface area contributed by atoms with Crippen molar-refractivity contribution in [3.05, 3.63) is 69.7 Å². The molecule has 1 N–H and O–H groups in total. The fraction of sp³-hybridized carbons (Fsp3) is 0.167. The Morgan fingerprint density at radius 1 is 1.12 bits per heavy atom. The minimum Gasteiger partial charge on any atom is -0.296 e. The van der Waals surface area contributed by atoms with E-state index in [9.17, 15) is 4.79 Å². The maximum absolute atomic E-state index is 12.3. The van der Waals surface area contributed by atoms with Crippen LogP contribution < -0.4 is 5.32 Å². The molecule has 0 aliphatic carbocycles. The number of rotatable bonds is 5. The van der Waals surface area contributed by atoms with Crippen LogP contribution in [0.2, 0.25) is 5.02 Å². The molecule has 0 radical (unpaired) electrons. The second kappa shape index (κ2) is 7.99. The summed E-state index contributed by atoms with van der Waals surface area (Å²) in [7, 11) is 0. The number of thioether (sulfide) groups is 1.